The Morgan fingerprint density at radius 2 is 2.16 bits per heavy atom. The highest BCUT2D eigenvalue weighted by Crippen LogP contribution is 2.17. The fraction of sp³-hybridized carbons (Fsp3) is 0.400. The molecular formula is C15H21N3O. The molecule has 0 aliphatic rings. The zero-order valence-electron chi connectivity index (χ0n) is 11.5. The standard InChI is InChI=1S/C15H21N3O/c1-3-6-11(2)17-18-15(19)9-12-10-16-14-8-5-4-7-13(12)14/h4-5,7-8,10-11,16-17H,3,6,9H2,1-2H3,(H,18,19). The van der Waals surface area contributed by atoms with E-state index in [2.05, 4.69) is 29.7 Å². The van der Waals surface area contributed by atoms with Gasteiger partial charge in [0.25, 0.3) is 0 Å². The molecule has 0 fully saturated rings. The number of nitrogens with one attached hydrogen (secondary N) is 3. The molecule has 1 atom stereocenters. The fourth-order valence-corrected chi connectivity index (χ4v) is 2.20. The van der Waals surface area contributed by atoms with Crippen molar-refractivity contribution in [2.75, 3.05) is 0 Å². The summed E-state index contributed by atoms with van der Waals surface area (Å²) in [6.07, 6.45) is 4.44. The monoisotopic (exact) mass is 259 g/mol. The summed E-state index contributed by atoms with van der Waals surface area (Å²) in [5, 5.41) is 1.11. The number of aromatic amines is 1. The van der Waals surface area contributed by atoms with E-state index in [1.54, 1.807) is 0 Å². The number of fused-ring (bicyclic) bond motifs is 1. The Labute approximate surface area is 113 Å². The average molecular weight is 259 g/mol. The van der Waals surface area contributed by atoms with Gasteiger partial charge in [-0.3, -0.25) is 10.2 Å². The first-order valence-corrected chi connectivity index (χ1v) is 6.80. The van der Waals surface area contributed by atoms with E-state index in [9.17, 15) is 4.79 Å². The van der Waals surface area contributed by atoms with Crippen LogP contribution in [0.1, 0.15) is 32.3 Å². The molecule has 1 unspecified atom stereocenters. The van der Waals surface area contributed by atoms with Crippen molar-refractivity contribution in [1.29, 1.82) is 0 Å². The molecule has 2 rings (SSSR count). The number of carbonyl (C=O) groups excluding carboxylic acids is 1. The number of carbonyl (C=O) groups is 1. The number of rotatable bonds is 6. The van der Waals surface area contributed by atoms with Gasteiger partial charge in [-0.15, -0.1) is 0 Å². The third kappa shape index (κ3) is 3.58. The molecule has 0 aliphatic heterocycles. The van der Waals surface area contributed by atoms with Gasteiger partial charge in [-0.1, -0.05) is 31.5 Å². The Bertz CT molecular complexity index is 547. The van der Waals surface area contributed by atoms with Crippen LogP contribution < -0.4 is 10.9 Å². The number of para-hydroxylation sites is 1. The smallest absolute Gasteiger partial charge is 0.238 e. The second-order valence-electron chi connectivity index (χ2n) is 4.92. The first-order valence-electron chi connectivity index (χ1n) is 6.80. The molecule has 1 aromatic heterocycles. The van der Waals surface area contributed by atoms with Crippen molar-refractivity contribution in [3.8, 4) is 0 Å². The molecule has 4 nitrogen and oxygen atoms in total. The van der Waals surface area contributed by atoms with Gasteiger partial charge in [-0.2, -0.15) is 0 Å². The molecule has 1 amide bonds. The predicted molar refractivity (Wildman–Crippen MR) is 77.7 cm³/mol. The minimum Gasteiger partial charge on any atom is -0.361 e. The molecule has 1 heterocycles. The number of H-pyrrole nitrogens is 1. The van der Waals surface area contributed by atoms with Gasteiger partial charge in [-0.25, -0.2) is 5.43 Å². The van der Waals surface area contributed by atoms with Gasteiger partial charge < -0.3 is 4.98 Å². The van der Waals surface area contributed by atoms with E-state index in [1.165, 1.54) is 0 Å². The second kappa shape index (κ2) is 6.38. The largest absolute Gasteiger partial charge is 0.361 e. The number of hydrogen-bond acceptors (Lipinski definition) is 2. The van der Waals surface area contributed by atoms with E-state index in [4.69, 9.17) is 0 Å². The third-order valence-electron chi connectivity index (χ3n) is 3.21. The summed E-state index contributed by atoms with van der Waals surface area (Å²) < 4.78 is 0. The lowest BCUT2D eigenvalue weighted by molar-refractivity contribution is -0.121. The predicted octanol–water partition coefficient (Wildman–Crippen LogP) is 2.52. The van der Waals surface area contributed by atoms with Gasteiger partial charge in [-0.05, 0) is 25.0 Å². The zero-order valence-corrected chi connectivity index (χ0v) is 11.5. The lowest BCUT2D eigenvalue weighted by Gasteiger charge is -2.13. The summed E-state index contributed by atoms with van der Waals surface area (Å²) >= 11 is 0. The van der Waals surface area contributed by atoms with Crippen molar-refractivity contribution in [3.63, 3.8) is 0 Å². The fourth-order valence-electron chi connectivity index (χ4n) is 2.20. The van der Waals surface area contributed by atoms with E-state index in [1.807, 2.05) is 30.5 Å². The number of benzene rings is 1. The van der Waals surface area contributed by atoms with Gasteiger partial charge in [0.05, 0.1) is 6.42 Å². The average Bonchev–Trinajstić information content (AvgIpc) is 2.80. The number of amides is 1. The summed E-state index contributed by atoms with van der Waals surface area (Å²) in [6, 6.07) is 8.31. The Morgan fingerprint density at radius 3 is 2.95 bits per heavy atom. The normalized spacial score (nSPS) is 12.5. The molecule has 0 radical (unpaired) electrons. The van der Waals surface area contributed by atoms with E-state index in [-0.39, 0.29) is 5.91 Å². The van der Waals surface area contributed by atoms with Crippen LogP contribution in [0.3, 0.4) is 0 Å². The molecule has 2 aromatic rings. The lowest BCUT2D eigenvalue weighted by Crippen LogP contribution is -2.43. The van der Waals surface area contributed by atoms with Crippen molar-refractivity contribution in [1.82, 2.24) is 15.8 Å². The van der Waals surface area contributed by atoms with E-state index in [0.29, 0.717) is 12.5 Å². The van der Waals surface area contributed by atoms with Crippen molar-refractivity contribution < 1.29 is 4.79 Å². The molecule has 4 heteroatoms. The van der Waals surface area contributed by atoms with Gasteiger partial charge >= 0.3 is 0 Å². The minimum atomic E-state index is -0.00675. The topological polar surface area (TPSA) is 56.9 Å². The maximum absolute atomic E-state index is 11.9. The number of hydrazine groups is 1. The van der Waals surface area contributed by atoms with Crippen LogP contribution in [0.25, 0.3) is 10.9 Å². The summed E-state index contributed by atoms with van der Waals surface area (Å²) in [7, 11) is 0. The minimum absolute atomic E-state index is 0.00675. The van der Waals surface area contributed by atoms with Gasteiger partial charge in [0.1, 0.15) is 0 Å². The van der Waals surface area contributed by atoms with Crippen LogP contribution in [-0.4, -0.2) is 16.9 Å². The lowest BCUT2D eigenvalue weighted by atomic mass is 10.1. The Morgan fingerprint density at radius 1 is 1.37 bits per heavy atom. The van der Waals surface area contributed by atoms with Crippen LogP contribution in [0, 0.1) is 0 Å². The van der Waals surface area contributed by atoms with Crippen LogP contribution >= 0.6 is 0 Å². The molecule has 1 aromatic carbocycles. The molecule has 0 saturated carbocycles. The Kier molecular flexibility index (Phi) is 4.58. The number of hydrogen-bond donors (Lipinski definition) is 3. The number of aromatic nitrogens is 1. The highest BCUT2D eigenvalue weighted by Gasteiger charge is 2.09. The van der Waals surface area contributed by atoms with Gasteiger partial charge in [0.15, 0.2) is 0 Å². The molecule has 102 valence electrons. The molecular weight excluding hydrogens is 238 g/mol. The van der Waals surface area contributed by atoms with E-state index < -0.39 is 0 Å². The van der Waals surface area contributed by atoms with Crippen LogP contribution in [0.4, 0.5) is 0 Å². The van der Waals surface area contributed by atoms with Crippen LogP contribution in [0.15, 0.2) is 30.5 Å². The molecule has 0 bridgehead atoms. The highest BCUT2D eigenvalue weighted by molar-refractivity contribution is 5.88. The van der Waals surface area contributed by atoms with Crippen molar-refractivity contribution in [2.24, 2.45) is 0 Å². The second-order valence-corrected chi connectivity index (χ2v) is 4.92. The van der Waals surface area contributed by atoms with Gasteiger partial charge in [0, 0.05) is 23.1 Å². The van der Waals surface area contributed by atoms with Crippen molar-refractivity contribution in [2.45, 2.75) is 39.2 Å². The van der Waals surface area contributed by atoms with E-state index >= 15 is 0 Å². The molecule has 19 heavy (non-hydrogen) atoms. The third-order valence-corrected chi connectivity index (χ3v) is 3.21. The Hall–Kier alpha value is -1.81. The summed E-state index contributed by atoms with van der Waals surface area (Å²) in [5.41, 5.74) is 7.89. The van der Waals surface area contributed by atoms with E-state index in [0.717, 1.165) is 29.3 Å². The van der Waals surface area contributed by atoms with Crippen LogP contribution in [0.2, 0.25) is 0 Å². The summed E-state index contributed by atoms with van der Waals surface area (Å²) in [4.78, 5) is 15.1. The summed E-state index contributed by atoms with van der Waals surface area (Å²) in [5.74, 6) is -0.00675. The zero-order chi connectivity index (χ0) is 13.7. The van der Waals surface area contributed by atoms with Crippen molar-refractivity contribution in [3.05, 3.63) is 36.0 Å². The maximum Gasteiger partial charge on any atom is 0.238 e. The SMILES string of the molecule is CCCC(C)NNC(=O)Cc1c[nH]c2ccccc12. The van der Waals surface area contributed by atoms with Crippen LogP contribution in [-0.2, 0) is 11.2 Å². The first kappa shape index (κ1) is 13.6. The molecule has 0 aliphatic carbocycles. The van der Waals surface area contributed by atoms with Crippen LogP contribution in [0.5, 0.6) is 0 Å². The van der Waals surface area contributed by atoms with Gasteiger partial charge in [0.2, 0.25) is 5.91 Å². The first-order chi connectivity index (χ1) is 9.20. The maximum atomic E-state index is 11.9. The molecule has 0 spiro atoms. The summed E-state index contributed by atoms with van der Waals surface area (Å²) in [6.45, 7) is 4.20. The Balaban J connectivity index is 1.92. The van der Waals surface area contributed by atoms with Crippen molar-refractivity contribution >= 4 is 16.8 Å². The highest BCUT2D eigenvalue weighted by atomic mass is 16.2. The molecule has 0 saturated heterocycles. The quantitative estimate of drug-likeness (QED) is 0.698. The molecule has 3 N–H and O–H groups in total.